The standard InChI is InChI=1S/C19H39N3O2/c1-3-5-7-9-11-13-15-20-17-18(23)22-19(24)21-16-14-12-10-8-6-4-2/h20H,3-17H2,1-2H3,(H2,21,22,23,24). The van der Waals surface area contributed by atoms with Gasteiger partial charge in [0.1, 0.15) is 0 Å². The van der Waals surface area contributed by atoms with Crippen LogP contribution in [-0.4, -0.2) is 31.6 Å². The Morgan fingerprint density at radius 2 is 1.17 bits per heavy atom. The van der Waals surface area contributed by atoms with E-state index in [0.29, 0.717) is 6.54 Å². The highest BCUT2D eigenvalue weighted by molar-refractivity contribution is 5.95. The summed E-state index contributed by atoms with van der Waals surface area (Å²) in [6.07, 6.45) is 14.6. The zero-order chi connectivity index (χ0) is 17.9. The van der Waals surface area contributed by atoms with Crippen molar-refractivity contribution in [3.8, 4) is 0 Å². The predicted molar refractivity (Wildman–Crippen MR) is 101 cm³/mol. The van der Waals surface area contributed by atoms with Crippen LogP contribution in [0.4, 0.5) is 4.79 Å². The number of carbonyl (C=O) groups excluding carboxylic acids is 2. The molecule has 5 heteroatoms. The maximum atomic E-state index is 11.6. The highest BCUT2D eigenvalue weighted by Crippen LogP contribution is 2.04. The lowest BCUT2D eigenvalue weighted by atomic mass is 10.1. The third-order valence-electron chi connectivity index (χ3n) is 4.06. The third kappa shape index (κ3) is 17.3. The summed E-state index contributed by atoms with van der Waals surface area (Å²) in [5.41, 5.74) is 0. The molecule has 24 heavy (non-hydrogen) atoms. The summed E-state index contributed by atoms with van der Waals surface area (Å²) in [5, 5.41) is 8.18. The summed E-state index contributed by atoms with van der Waals surface area (Å²) >= 11 is 0. The van der Waals surface area contributed by atoms with Crippen molar-refractivity contribution in [2.24, 2.45) is 0 Å². The van der Waals surface area contributed by atoms with E-state index in [0.717, 1.165) is 25.8 Å². The molecule has 0 unspecified atom stereocenters. The largest absolute Gasteiger partial charge is 0.338 e. The van der Waals surface area contributed by atoms with Gasteiger partial charge >= 0.3 is 6.03 Å². The summed E-state index contributed by atoms with van der Waals surface area (Å²) in [4.78, 5) is 23.2. The molecule has 0 aliphatic heterocycles. The highest BCUT2D eigenvalue weighted by atomic mass is 16.2. The predicted octanol–water partition coefficient (Wildman–Crippen LogP) is 4.12. The van der Waals surface area contributed by atoms with Gasteiger partial charge in [0.2, 0.25) is 5.91 Å². The van der Waals surface area contributed by atoms with Crippen LogP contribution in [0.2, 0.25) is 0 Å². The minimum absolute atomic E-state index is 0.208. The third-order valence-corrected chi connectivity index (χ3v) is 4.06. The second kappa shape index (κ2) is 18.2. The van der Waals surface area contributed by atoms with Crippen molar-refractivity contribution in [2.45, 2.75) is 90.9 Å². The fourth-order valence-electron chi connectivity index (χ4n) is 2.55. The monoisotopic (exact) mass is 341 g/mol. The van der Waals surface area contributed by atoms with Gasteiger partial charge in [-0.25, -0.2) is 4.79 Å². The zero-order valence-electron chi connectivity index (χ0n) is 15.9. The topological polar surface area (TPSA) is 70.2 Å². The molecule has 0 radical (unpaired) electrons. The van der Waals surface area contributed by atoms with Crippen LogP contribution < -0.4 is 16.0 Å². The molecule has 0 bridgehead atoms. The number of imide groups is 1. The molecule has 0 atom stereocenters. The Labute approximate surface area is 148 Å². The number of hydrogen-bond donors (Lipinski definition) is 3. The fraction of sp³-hybridized carbons (Fsp3) is 0.895. The van der Waals surface area contributed by atoms with E-state index in [4.69, 9.17) is 0 Å². The van der Waals surface area contributed by atoms with Crippen molar-refractivity contribution in [1.29, 1.82) is 0 Å². The molecule has 0 aliphatic carbocycles. The average molecular weight is 342 g/mol. The van der Waals surface area contributed by atoms with Crippen LogP contribution in [0.15, 0.2) is 0 Å². The summed E-state index contributed by atoms with van der Waals surface area (Å²) in [6.45, 7) is 6.09. The van der Waals surface area contributed by atoms with Gasteiger partial charge in [-0.3, -0.25) is 10.1 Å². The second-order valence-electron chi connectivity index (χ2n) is 6.52. The van der Waals surface area contributed by atoms with E-state index in [-0.39, 0.29) is 18.5 Å². The Bertz CT molecular complexity index is 309. The molecule has 142 valence electrons. The Morgan fingerprint density at radius 3 is 1.75 bits per heavy atom. The molecule has 0 aliphatic rings. The van der Waals surface area contributed by atoms with E-state index in [1.807, 2.05) is 0 Å². The molecule has 0 heterocycles. The molecule has 0 saturated carbocycles. The number of unbranched alkanes of at least 4 members (excludes halogenated alkanes) is 10. The van der Waals surface area contributed by atoms with E-state index in [2.05, 4.69) is 29.8 Å². The van der Waals surface area contributed by atoms with Crippen LogP contribution in [0.5, 0.6) is 0 Å². The lowest BCUT2D eigenvalue weighted by molar-refractivity contribution is -0.119. The number of rotatable bonds is 16. The van der Waals surface area contributed by atoms with Crippen LogP contribution in [0, 0.1) is 0 Å². The van der Waals surface area contributed by atoms with Gasteiger partial charge in [-0.1, -0.05) is 78.1 Å². The van der Waals surface area contributed by atoms with Crippen LogP contribution in [-0.2, 0) is 4.79 Å². The second-order valence-corrected chi connectivity index (χ2v) is 6.52. The molecule has 0 spiro atoms. The first-order chi connectivity index (χ1) is 11.7. The lowest BCUT2D eigenvalue weighted by Crippen LogP contribution is -2.43. The molecule has 0 aromatic carbocycles. The highest BCUT2D eigenvalue weighted by Gasteiger charge is 2.06. The first kappa shape index (κ1) is 22.9. The van der Waals surface area contributed by atoms with E-state index < -0.39 is 0 Å². The first-order valence-corrected chi connectivity index (χ1v) is 9.99. The Morgan fingerprint density at radius 1 is 0.667 bits per heavy atom. The maximum Gasteiger partial charge on any atom is 0.321 e. The van der Waals surface area contributed by atoms with E-state index in [9.17, 15) is 9.59 Å². The number of carbonyl (C=O) groups is 2. The van der Waals surface area contributed by atoms with Crippen LogP contribution in [0.3, 0.4) is 0 Å². The van der Waals surface area contributed by atoms with Crippen molar-refractivity contribution in [2.75, 3.05) is 19.6 Å². The lowest BCUT2D eigenvalue weighted by Gasteiger charge is -2.08. The SMILES string of the molecule is CCCCCCCCNCC(=O)NC(=O)NCCCCCCCC. The minimum atomic E-state index is -0.380. The number of amides is 3. The normalized spacial score (nSPS) is 10.6. The smallest absolute Gasteiger partial charge is 0.321 e. The molecule has 0 aromatic heterocycles. The van der Waals surface area contributed by atoms with Gasteiger partial charge in [-0.05, 0) is 19.4 Å². The van der Waals surface area contributed by atoms with Gasteiger partial charge in [-0.2, -0.15) is 0 Å². The molecule has 0 fully saturated rings. The van der Waals surface area contributed by atoms with Gasteiger partial charge in [0, 0.05) is 6.54 Å². The van der Waals surface area contributed by atoms with Crippen molar-refractivity contribution in [3.63, 3.8) is 0 Å². The minimum Gasteiger partial charge on any atom is -0.338 e. The first-order valence-electron chi connectivity index (χ1n) is 9.99. The fourth-order valence-corrected chi connectivity index (χ4v) is 2.55. The number of hydrogen-bond acceptors (Lipinski definition) is 3. The van der Waals surface area contributed by atoms with Gasteiger partial charge in [0.25, 0.3) is 0 Å². The zero-order valence-corrected chi connectivity index (χ0v) is 15.9. The quantitative estimate of drug-likeness (QED) is 0.370. The van der Waals surface area contributed by atoms with Gasteiger partial charge < -0.3 is 10.6 Å². The van der Waals surface area contributed by atoms with Crippen molar-refractivity contribution >= 4 is 11.9 Å². The van der Waals surface area contributed by atoms with Crippen molar-refractivity contribution in [3.05, 3.63) is 0 Å². The Balaban J connectivity index is 3.35. The Kier molecular flexibility index (Phi) is 17.4. The number of nitrogens with one attached hydrogen (secondary N) is 3. The molecule has 0 aromatic rings. The number of urea groups is 1. The van der Waals surface area contributed by atoms with Gasteiger partial charge in [0.05, 0.1) is 6.54 Å². The summed E-state index contributed by atoms with van der Waals surface area (Å²) in [6, 6.07) is -0.380. The van der Waals surface area contributed by atoms with E-state index in [1.165, 1.54) is 57.8 Å². The van der Waals surface area contributed by atoms with Crippen molar-refractivity contribution < 1.29 is 9.59 Å². The molecule has 3 N–H and O–H groups in total. The molecular formula is C19H39N3O2. The summed E-state index contributed by atoms with van der Waals surface area (Å²) < 4.78 is 0. The molecule has 0 rings (SSSR count). The average Bonchev–Trinajstić information content (AvgIpc) is 2.56. The van der Waals surface area contributed by atoms with Gasteiger partial charge in [-0.15, -0.1) is 0 Å². The van der Waals surface area contributed by atoms with Crippen LogP contribution in [0.1, 0.15) is 90.9 Å². The van der Waals surface area contributed by atoms with Crippen LogP contribution in [0.25, 0.3) is 0 Å². The van der Waals surface area contributed by atoms with Gasteiger partial charge in [0.15, 0.2) is 0 Å². The van der Waals surface area contributed by atoms with Crippen LogP contribution >= 0.6 is 0 Å². The molecule has 5 nitrogen and oxygen atoms in total. The van der Waals surface area contributed by atoms with E-state index in [1.54, 1.807) is 0 Å². The Hall–Kier alpha value is -1.10. The van der Waals surface area contributed by atoms with Crippen molar-refractivity contribution in [1.82, 2.24) is 16.0 Å². The summed E-state index contributed by atoms with van der Waals surface area (Å²) in [7, 11) is 0. The molecule has 0 saturated heterocycles. The van der Waals surface area contributed by atoms with E-state index >= 15 is 0 Å². The molecule has 3 amide bonds. The molecular weight excluding hydrogens is 302 g/mol. The summed E-state index contributed by atoms with van der Waals surface area (Å²) in [5.74, 6) is -0.263. The maximum absolute atomic E-state index is 11.6.